The van der Waals surface area contributed by atoms with Crippen molar-refractivity contribution in [1.82, 2.24) is 0 Å². The highest BCUT2D eigenvalue weighted by Gasteiger charge is 2.52. The van der Waals surface area contributed by atoms with E-state index >= 15 is 0 Å². The van der Waals surface area contributed by atoms with Crippen molar-refractivity contribution >= 4 is 0 Å². The summed E-state index contributed by atoms with van der Waals surface area (Å²) in [6.07, 6.45) is 22.3. The van der Waals surface area contributed by atoms with Crippen LogP contribution in [0.5, 0.6) is 0 Å². The highest BCUT2D eigenvalue weighted by molar-refractivity contribution is 5.02. The summed E-state index contributed by atoms with van der Waals surface area (Å²) in [6.45, 7) is 15.6. The van der Waals surface area contributed by atoms with Crippen LogP contribution in [0, 0.1) is 39.9 Å². The van der Waals surface area contributed by atoms with Gasteiger partial charge in [-0.25, -0.2) is 0 Å². The summed E-state index contributed by atoms with van der Waals surface area (Å²) in [5.74, 6) is 3.84. The molecule has 0 heteroatoms. The molecule has 3 aliphatic rings. The van der Waals surface area contributed by atoms with Crippen molar-refractivity contribution in [3.05, 3.63) is 0 Å². The molecule has 0 amide bonds. The maximum Gasteiger partial charge on any atom is -0.0267 e. The van der Waals surface area contributed by atoms with Gasteiger partial charge < -0.3 is 0 Å². The molecule has 0 N–H and O–H groups in total. The van der Waals surface area contributed by atoms with Gasteiger partial charge in [0.2, 0.25) is 0 Å². The number of rotatable bonds is 5. The Morgan fingerprint density at radius 2 is 1.54 bits per heavy atom. The van der Waals surface area contributed by atoms with Crippen LogP contribution in [0.15, 0.2) is 0 Å². The Morgan fingerprint density at radius 3 is 2.25 bits per heavy atom. The fourth-order valence-corrected chi connectivity index (χ4v) is 8.80. The lowest BCUT2D eigenvalue weighted by Gasteiger charge is -2.57. The molecule has 3 saturated carbocycles. The van der Waals surface area contributed by atoms with Gasteiger partial charge in [-0.2, -0.15) is 0 Å². The Kier molecular flexibility index (Phi) is 7.30. The molecule has 0 heterocycles. The maximum atomic E-state index is 2.72. The van der Waals surface area contributed by atoms with Crippen molar-refractivity contribution < 1.29 is 0 Å². The first-order valence-electron chi connectivity index (χ1n) is 13.3. The molecule has 3 aliphatic carbocycles. The highest BCUT2D eigenvalue weighted by Crippen LogP contribution is 2.62. The second-order valence-corrected chi connectivity index (χ2v) is 12.2. The van der Waals surface area contributed by atoms with Crippen LogP contribution in [0.3, 0.4) is 0 Å². The van der Waals surface area contributed by atoms with E-state index in [1.54, 1.807) is 0 Å². The van der Waals surface area contributed by atoms with Crippen molar-refractivity contribution in [3.8, 4) is 0 Å². The maximum absolute atomic E-state index is 2.72. The van der Waals surface area contributed by atoms with E-state index in [1.807, 2.05) is 0 Å². The molecule has 0 radical (unpaired) electrons. The van der Waals surface area contributed by atoms with Crippen molar-refractivity contribution in [2.75, 3.05) is 0 Å². The second-order valence-electron chi connectivity index (χ2n) is 12.2. The van der Waals surface area contributed by atoms with Crippen LogP contribution in [0.4, 0.5) is 0 Å². The molecular formula is C28H52. The number of unbranched alkanes of at least 4 members (excludes halogenated alkanes) is 2. The van der Waals surface area contributed by atoms with Crippen LogP contribution in [-0.2, 0) is 0 Å². The van der Waals surface area contributed by atoms with Crippen molar-refractivity contribution in [2.24, 2.45) is 39.9 Å². The van der Waals surface area contributed by atoms with Crippen LogP contribution < -0.4 is 0 Å². The SMILES string of the molecule is CCCCCC1(C)C(C)CCC2(C)CCCC3(CC)CCCC3C(C)CCC21. The van der Waals surface area contributed by atoms with Gasteiger partial charge in [-0.15, -0.1) is 0 Å². The molecule has 28 heavy (non-hydrogen) atoms. The first-order valence-corrected chi connectivity index (χ1v) is 13.3. The average Bonchev–Trinajstić information content (AvgIpc) is 3.09. The Morgan fingerprint density at radius 1 is 0.786 bits per heavy atom. The average molecular weight is 389 g/mol. The van der Waals surface area contributed by atoms with Crippen molar-refractivity contribution in [1.29, 1.82) is 0 Å². The lowest BCUT2D eigenvalue weighted by molar-refractivity contribution is -0.0769. The molecule has 0 aromatic rings. The first-order chi connectivity index (χ1) is 13.3. The van der Waals surface area contributed by atoms with Gasteiger partial charge in [-0.05, 0) is 91.3 Å². The summed E-state index contributed by atoms with van der Waals surface area (Å²) < 4.78 is 0. The summed E-state index contributed by atoms with van der Waals surface area (Å²) in [5, 5.41) is 0. The van der Waals surface area contributed by atoms with Crippen LogP contribution >= 0.6 is 0 Å². The summed E-state index contributed by atoms with van der Waals surface area (Å²) >= 11 is 0. The van der Waals surface area contributed by atoms with Crippen LogP contribution in [0.1, 0.15) is 138 Å². The number of hydrogen-bond acceptors (Lipinski definition) is 0. The normalized spacial score (nSPS) is 47.4. The molecular weight excluding hydrogens is 336 g/mol. The van der Waals surface area contributed by atoms with Crippen LogP contribution in [0.25, 0.3) is 0 Å². The lowest BCUT2D eigenvalue weighted by atomic mass is 9.48. The van der Waals surface area contributed by atoms with Gasteiger partial charge in [-0.1, -0.05) is 86.5 Å². The standard InChI is InChI=1S/C28H52/c1-7-9-10-18-27(6)23(4)16-21-26(5)17-12-20-28(8-2)19-11-13-24(28)22(3)14-15-25(26)27/h22-25H,7-21H2,1-6H3. The molecule has 0 nitrogen and oxygen atoms in total. The first kappa shape index (κ1) is 22.7. The zero-order valence-electron chi connectivity index (χ0n) is 20.4. The molecule has 0 saturated heterocycles. The molecule has 7 atom stereocenters. The highest BCUT2D eigenvalue weighted by atomic mass is 14.6. The Bertz CT molecular complexity index is 494. The number of fused-ring (bicyclic) bond motifs is 2. The fourth-order valence-electron chi connectivity index (χ4n) is 8.80. The molecule has 164 valence electrons. The van der Waals surface area contributed by atoms with E-state index in [9.17, 15) is 0 Å². The molecule has 0 aliphatic heterocycles. The monoisotopic (exact) mass is 388 g/mol. The van der Waals surface area contributed by atoms with Crippen LogP contribution in [-0.4, -0.2) is 0 Å². The largest absolute Gasteiger partial charge is 0.0654 e. The molecule has 0 aromatic carbocycles. The summed E-state index contributed by atoms with van der Waals surface area (Å²) in [4.78, 5) is 0. The predicted octanol–water partition coefficient (Wildman–Crippen LogP) is 9.42. The van der Waals surface area contributed by atoms with E-state index in [4.69, 9.17) is 0 Å². The third-order valence-electron chi connectivity index (χ3n) is 10.9. The Labute approximate surface area is 178 Å². The van der Waals surface area contributed by atoms with Gasteiger partial charge in [0.1, 0.15) is 0 Å². The zero-order valence-corrected chi connectivity index (χ0v) is 20.4. The zero-order chi connectivity index (χ0) is 20.4. The van der Waals surface area contributed by atoms with Gasteiger partial charge in [0.05, 0.1) is 0 Å². The summed E-state index contributed by atoms with van der Waals surface area (Å²) in [7, 11) is 0. The number of hydrogen-bond donors (Lipinski definition) is 0. The molecule has 0 bridgehead atoms. The van der Waals surface area contributed by atoms with E-state index in [1.165, 1.54) is 96.3 Å². The van der Waals surface area contributed by atoms with Crippen molar-refractivity contribution in [3.63, 3.8) is 0 Å². The minimum atomic E-state index is 0.582. The van der Waals surface area contributed by atoms with Gasteiger partial charge in [-0.3, -0.25) is 0 Å². The third kappa shape index (κ3) is 4.09. The molecule has 7 unspecified atom stereocenters. The molecule has 0 spiro atoms. The van der Waals surface area contributed by atoms with E-state index in [0.29, 0.717) is 16.2 Å². The molecule has 3 fully saturated rings. The van der Waals surface area contributed by atoms with E-state index in [-0.39, 0.29) is 0 Å². The van der Waals surface area contributed by atoms with Gasteiger partial charge >= 0.3 is 0 Å². The second kappa shape index (κ2) is 9.01. The van der Waals surface area contributed by atoms with Gasteiger partial charge in [0.25, 0.3) is 0 Å². The quantitative estimate of drug-likeness (QED) is 0.411. The predicted molar refractivity (Wildman–Crippen MR) is 125 cm³/mol. The molecule has 3 rings (SSSR count). The summed E-state index contributed by atoms with van der Waals surface area (Å²) in [5.41, 5.74) is 1.89. The van der Waals surface area contributed by atoms with Crippen LogP contribution in [0.2, 0.25) is 0 Å². The minimum absolute atomic E-state index is 0.582. The third-order valence-corrected chi connectivity index (χ3v) is 10.9. The van der Waals surface area contributed by atoms with Gasteiger partial charge in [0.15, 0.2) is 0 Å². The summed E-state index contributed by atoms with van der Waals surface area (Å²) in [6, 6.07) is 0. The van der Waals surface area contributed by atoms with E-state index < -0.39 is 0 Å². The van der Waals surface area contributed by atoms with E-state index in [2.05, 4.69) is 41.5 Å². The minimum Gasteiger partial charge on any atom is -0.0654 e. The molecule has 0 aromatic heterocycles. The van der Waals surface area contributed by atoms with Gasteiger partial charge in [0, 0.05) is 0 Å². The smallest absolute Gasteiger partial charge is 0.0267 e. The lowest BCUT2D eigenvalue weighted by Crippen LogP contribution is -2.48. The van der Waals surface area contributed by atoms with E-state index in [0.717, 1.165) is 23.7 Å². The topological polar surface area (TPSA) is 0 Å². The Hall–Kier alpha value is 0. The Balaban J connectivity index is 1.84. The van der Waals surface area contributed by atoms with Crippen molar-refractivity contribution in [2.45, 2.75) is 138 Å². The fraction of sp³-hybridized carbons (Fsp3) is 1.00.